The summed E-state index contributed by atoms with van der Waals surface area (Å²) >= 11 is 0. The van der Waals surface area contributed by atoms with Crippen LogP contribution in [0.25, 0.3) is 0 Å². The van der Waals surface area contributed by atoms with Gasteiger partial charge in [0, 0.05) is 12.0 Å². The SMILES string of the molecule is COC(=O)c1ccc(OC(C)C)c(NC(=O)C2CCCC(N)C2)c1.Cl. The van der Waals surface area contributed by atoms with Gasteiger partial charge in [-0.3, -0.25) is 4.79 Å². The summed E-state index contributed by atoms with van der Waals surface area (Å²) in [6.45, 7) is 3.81. The average molecular weight is 371 g/mol. The first kappa shape index (κ1) is 21.3. The van der Waals surface area contributed by atoms with Crippen LogP contribution in [0.3, 0.4) is 0 Å². The lowest BCUT2D eigenvalue weighted by Gasteiger charge is -2.26. The molecule has 2 unspecified atom stereocenters. The van der Waals surface area contributed by atoms with Gasteiger partial charge in [0.25, 0.3) is 0 Å². The number of rotatable bonds is 5. The predicted octanol–water partition coefficient (Wildman–Crippen LogP) is 3.14. The first-order valence-electron chi connectivity index (χ1n) is 8.36. The number of esters is 1. The van der Waals surface area contributed by atoms with Crippen LogP contribution in [0.5, 0.6) is 5.75 Å². The number of nitrogens with one attached hydrogen (secondary N) is 1. The molecule has 1 aliphatic carbocycles. The van der Waals surface area contributed by atoms with Gasteiger partial charge >= 0.3 is 5.97 Å². The largest absolute Gasteiger partial charge is 0.489 e. The second kappa shape index (κ2) is 9.63. The van der Waals surface area contributed by atoms with Crippen LogP contribution in [-0.2, 0) is 9.53 Å². The number of anilines is 1. The third kappa shape index (κ3) is 5.90. The highest BCUT2D eigenvalue weighted by molar-refractivity contribution is 5.97. The molecule has 0 radical (unpaired) electrons. The van der Waals surface area contributed by atoms with Gasteiger partial charge in [0.2, 0.25) is 5.91 Å². The van der Waals surface area contributed by atoms with Crippen molar-refractivity contribution in [2.24, 2.45) is 11.7 Å². The fraction of sp³-hybridized carbons (Fsp3) is 0.556. The molecule has 0 spiro atoms. The Hall–Kier alpha value is -1.79. The molecule has 2 atom stereocenters. The summed E-state index contributed by atoms with van der Waals surface area (Å²) in [7, 11) is 1.32. The highest BCUT2D eigenvalue weighted by atomic mass is 35.5. The summed E-state index contributed by atoms with van der Waals surface area (Å²) in [6.07, 6.45) is 3.38. The molecule has 0 bridgehead atoms. The zero-order valence-corrected chi connectivity index (χ0v) is 15.7. The molecule has 6 nitrogen and oxygen atoms in total. The maximum Gasteiger partial charge on any atom is 0.337 e. The van der Waals surface area contributed by atoms with Gasteiger partial charge in [0.05, 0.1) is 24.5 Å². The molecule has 1 amide bonds. The number of nitrogens with two attached hydrogens (primary N) is 1. The minimum atomic E-state index is -0.457. The van der Waals surface area contributed by atoms with Gasteiger partial charge in [-0.25, -0.2) is 4.79 Å². The van der Waals surface area contributed by atoms with Gasteiger partial charge in [0.15, 0.2) is 0 Å². The zero-order valence-electron chi connectivity index (χ0n) is 14.9. The van der Waals surface area contributed by atoms with E-state index in [-0.39, 0.29) is 36.4 Å². The average Bonchev–Trinajstić information content (AvgIpc) is 2.55. The lowest BCUT2D eigenvalue weighted by Crippen LogP contribution is -2.34. The molecule has 1 aromatic carbocycles. The lowest BCUT2D eigenvalue weighted by atomic mass is 9.85. The van der Waals surface area contributed by atoms with Crippen molar-refractivity contribution < 1.29 is 19.1 Å². The Morgan fingerprint density at radius 1 is 1.28 bits per heavy atom. The third-order valence-corrected chi connectivity index (χ3v) is 4.11. The monoisotopic (exact) mass is 370 g/mol. The first-order chi connectivity index (χ1) is 11.4. The van der Waals surface area contributed by atoms with Gasteiger partial charge in [-0.05, 0) is 51.3 Å². The van der Waals surface area contributed by atoms with E-state index in [2.05, 4.69) is 5.32 Å². The number of benzene rings is 1. The van der Waals surface area contributed by atoms with E-state index in [0.717, 1.165) is 19.3 Å². The highest BCUT2D eigenvalue weighted by Crippen LogP contribution is 2.30. The van der Waals surface area contributed by atoms with Crippen LogP contribution in [0, 0.1) is 5.92 Å². The van der Waals surface area contributed by atoms with Gasteiger partial charge in [0.1, 0.15) is 5.75 Å². The van der Waals surface area contributed by atoms with Crippen LogP contribution in [0.1, 0.15) is 49.9 Å². The maximum absolute atomic E-state index is 12.6. The number of hydrogen-bond acceptors (Lipinski definition) is 5. The van der Waals surface area contributed by atoms with Crippen LogP contribution in [0.15, 0.2) is 18.2 Å². The number of amides is 1. The number of carbonyl (C=O) groups is 2. The fourth-order valence-corrected chi connectivity index (χ4v) is 2.93. The fourth-order valence-electron chi connectivity index (χ4n) is 2.93. The van der Waals surface area contributed by atoms with E-state index in [9.17, 15) is 9.59 Å². The van der Waals surface area contributed by atoms with E-state index in [4.69, 9.17) is 15.2 Å². The Morgan fingerprint density at radius 2 is 2.00 bits per heavy atom. The molecule has 1 aliphatic rings. The van der Waals surface area contributed by atoms with Crippen LogP contribution in [-0.4, -0.2) is 31.1 Å². The van der Waals surface area contributed by atoms with E-state index in [1.54, 1.807) is 18.2 Å². The van der Waals surface area contributed by atoms with Crippen molar-refractivity contribution in [2.75, 3.05) is 12.4 Å². The molecule has 7 heteroatoms. The summed E-state index contributed by atoms with van der Waals surface area (Å²) in [5.74, 6) is -0.115. The number of hydrogen-bond donors (Lipinski definition) is 2. The molecule has 1 aromatic rings. The van der Waals surface area contributed by atoms with Crippen molar-refractivity contribution in [3.8, 4) is 5.75 Å². The quantitative estimate of drug-likeness (QED) is 0.777. The Morgan fingerprint density at radius 3 is 2.60 bits per heavy atom. The smallest absolute Gasteiger partial charge is 0.337 e. The summed E-state index contributed by atoms with van der Waals surface area (Å²) in [5.41, 5.74) is 6.82. The molecule has 0 aromatic heterocycles. The normalized spacial score (nSPS) is 19.7. The van der Waals surface area contributed by atoms with E-state index in [1.165, 1.54) is 7.11 Å². The minimum absolute atomic E-state index is 0. The Kier molecular flexibility index (Phi) is 8.19. The standard InChI is InChI=1S/C18H26N2O4.ClH/c1-11(2)24-16-8-7-13(18(22)23-3)10-15(16)20-17(21)12-5-4-6-14(19)9-12;/h7-8,10-12,14H,4-6,9,19H2,1-3H3,(H,20,21);1H. The molecule has 2 rings (SSSR count). The van der Waals surface area contributed by atoms with Gasteiger partial charge < -0.3 is 20.5 Å². The van der Waals surface area contributed by atoms with Crippen molar-refractivity contribution in [2.45, 2.75) is 51.7 Å². The van der Waals surface area contributed by atoms with E-state index in [1.807, 2.05) is 13.8 Å². The number of carbonyl (C=O) groups excluding carboxylic acids is 2. The van der Waals surface area contributed by atoms with Gasteiger partial charge in [-0.15, -0.1) is 12.4 Å². The third-order valence-electron chi connectivity index (χ3n) is 4.11. The first-order valence-corrected chi connectivity index (χ1v) is 8.36. The molecule has 1 saturated carbocycles. The molecule has 0 heterocycles. The van der Waals surface area contributed by atoms with E-state index < -0.39 is 5.97 Å². The Bertz CT molecular complexity index is 607. The van der Waals surface area contributed by atoms with Crippen LogP contribution < -0.4 is 15.8 Å². The maximum atomic E-state index is 12.6. The second-order valence-electron chi connectivity index (χ2n) is 6.48. The molecule has 3 N–H and O–H groups in total. The van der Waals surface area contributed by atoms with Crippen LogP contribution in [0.4, 0.5) is 5.69 Å². The molecule has 25 heavy (non-hydrogen) atoms. The molecule has 140 valence electrons. The van der Waals surface area contributed by atoms with Crippen LogP contribution in [0.2, 0.25) is 0 Å². The van der Waals surface area contributed by atoms with E-state index >= 15 is 0 Å². The predicted molar refractivity (Wildman–Crippen MR) is 99.4 cm³/mol. The topological polar surface area (TPSA) is 90.6 Å². The molecule has 0 saturated heterocycles. The summed E-state index contributed by atoms with van der Waals surface area (Å²) < 4.78 is 10.5. The summed E-state index contributed by atoms with van der Waals surface area (Å²) in [5, 5.41) is 2.90. The molecular formula is C18H27ClN2O4. The molecule has 0 aliphatic heterocycles. The lowest BCUT2D eigenvalue weighted by molar-refractivity contribution is -0.120. The molecular weight excluding hydrogens is 344 g/mol. The minimum Gasteiger partial charge on any atom is -0.489 e. The Balaban J connectivity index is 0.00000312. The number of halogens is 1. The van der Waals surface area contributed by atoms with Gasteiger partial charge in [-0.1, -0.05) is 6.42 Å². The summed E-state index contributed by atoms with van der Waals surface area (Å²) in [6, 6.07) is 4.95. The molecule has 1 fully saturated rings. The number of ether oxygens (including phenoxy) is 2. The zero-order chi connectivity index (χ0) is 17.7. The van der Waals surface area contributed by atoms with E-state index in [0.29, 0.717) is 23.4 Å². The van der Waals surface area contributed by atoms with Crippen LogP contribution >= 0.6 is 12.4 Å². The van der Waals surface area contributed by atoms with Crippen molar-refractivity contribution >= 4 is 30.0 Å². The van der Waals surface area contributed by atoms with Crippen molar-refractivity contribution in [3.63, 3.8) is 0 Å². The van der Waals surface area contributed by atoms with Crippen molar-refractivity contribution in [3.05, 3.63) is 23.8 Å². The van der Waals surface area contributed by atoms with Gasteiger partial charge in [-0.2, -0.15) is 0 Å². The highest BCUT2D eigenvalue weighted by Gasteiger charge is 2.26. The van der Waals surface area contributed by atoms with Crippen molar-refractivity contribution in [1.29, 1.82) is 0 Å². The Labute approximate surface area is 154 Å². The van der Waals surface area contributed by atoms with Crippen molar-refractivity contribution in [1.82, 2.24) is 0 Å². The summed E-state index contributed by atoms with van der Waals surface area (Å²) in [4.78, 5) is 24.3. The second-order valence-corrected chi connectivity index (χ2v) is 6.48. The number of methoxy groups -OCH3 is 1.